The zero-order valence-corrected chi connectivity index (χ0v) is 18.2. The number of carbonyl (C=O) groups is 1. The molecular weight excluding hydrogens is 388 g/mol. The van der Waals surface area contributed by atoms with Crippen molar-refractivity contribution in [3.05, 3.63) is 54.1 Å². The lowest BCUT2D eigenvalue weighted by molar-refractivity contribution is 0.0583. The summed E-state index contributed by atoms with van der Waals surface area (Å²) in [5.74, 6) is 0.584. The lowest BCUT2D eigenvalue weighted by Crippen LogP contribution is -2.43. The van der Waals surface area contributed by atoms with Crippen LogP contribution >= 0.6 is 0 Å². The number of piperidine rings is 1. The fourth-order valence-corrected chi connectivity index (χ4v) is 4.83. The molecule has 1 saturated heterocycles. The summed E-state index contributed by atoms with van der Waals surface area (Å²) < 4.78 is 32.1. The van der Waals surface area contributed by atoms with Crippen molar-refractivity contribution < 1.29 is 17.9 Å². The molecule has 1 fully saturated rings. The van der Waals surface area contributed by atoms with Gasteiger partial charge >= 0.3 is 0 Å². The number of rotatable bonds is 5. The lowest BCUT2D eigenvalue weighted by atomic mass is 9.84. The molecule has 3 rings (SSSR count). The number of amides is 1. The zero-order chi connectivity index (χ0) is 21.2. The molecule has 156 valence electrons. The van der Waals surface area contributed by atoms with Gasteiger partial charge in [-0.05, 0) is 66.8 Å². The van der Waals surface area contributed by atoms with Gasteiger partial charge in [0.05, 0.1) is 17.7 Å². The minimum atomic E-state index is -3.70. The monoisotopic (exact) mass is 416 g/mol. The Hall–Kier alpha value is -2.54. The van der Waals surface area contributed by atoms with E-state index < -0.39 is 10.0 Å². The van der Waals surface area contributed by atoms with Crippen LogP contribution in [0.2, 0.25) is 0 Å². The van der Waals surface area contributed by atoms with Gasteiger partial charge < -0.3 is 9.64 Å². The van der Waals surface area contributed by atoms with Gasteiger partial charge in [0.15, 0.2) is 0 Å². The van der Waals surface area contributed by atoms with E-state index in [0.29, 0.717) is 17.0 Å². The molecule has 0 radical (unpaired) electrons. The Bertz CT molecular complexity index is 967. The third kappa shape index (κ3) is 4.56. The number of hydrogen-bond acceptors (Lipinski definition) is 4. The maximum absolute atomic E-state index is 12.9. The predicted octanol–water partition coefficient (Wildman–Crippen LogP) is 3.78. The molecule has 6 nitrogen and oxygen atoms in total. The number of hydrogen-bond donors (Lipinski definition) is 0. The van der Waals surface area contributed by atoms with Crippen molar-refractivity contribution in [1.29, 1.82) is 0 Å². The summed E-state index contributed by atoms with van der Waals surface area (Å²) in [6.07, 6.45) is 2.11. The predicted molar refractivity (Wildman–Crippen MR) is 114 cm³/mol. The topological polar surface area (TPSA) is 66.9 Å². The second-order valence-corrected chi connectivity index (χ2v) is 10.2. The highest BCUT2D eigenvalue weighted by Gasteiger charge is 2.29. The van der Waals surface area contributed by atoms with Gasteiger partial charge in [0.2, 0.25) is 0 Å². The fourth-order valence-electron chi connectivity index (χ4n) is 3.64. The molecule has 0 N–H and O–H groups in total. The van der Waals surface area contributed by atoms with Crippen LogP contribution < -0.4 is 9.04 Å². The molecule has 0 aliphatic carbocycles. The lowest BCUT2D eigenvalue weighted by Gasteiger charge is -2.38. The molecule has 0 unspecified atom stereocenters. The van der Waals surface area contributed by atoms with Crippen LogP contribution in [0, 0.1) is 5.41 Å². The van der Waals surface area contributed by atoms with Gasteiger partial charge in [-0.1, -0.05) is 13.8 Å². The van der Waals surface area contributed by atoms with Gasteiger partial charge in [0.25, 0.3) is 15.9 Å². The Kier molecular flexibility index (Phi) is 5.89. The highest BCUT2D eigenvalue weighted by atomic mass is 32.2. The standard InChI is InChI=1S/C22H28N2O4S/c1-22(2)14-5-15-24(16-22)21(25)17-6-8-18(9-7-17)23(3)29(26,27)20-12-10-19(28-4)11-13-20/h6-13H,5,14-16H2,1-4H3. The SMILES string of the molecule is COc1ccc(S(=O)(=O)N(C)c2ccc(C(=O)N3CCCC(C)(C)C3)cc2)cc1. The molecule has 0 saturated carbocycles. The molecule has 1 aliphatic heterocycles. The van der Waals surface area contributed by atoms with E-state index in [1.165, 1.54) is 30.6 Å². The molecule has 2 aromatic carbocycles. The molecule has 7 heteroatoms. The fraction of sp³-hybridized carbons (Fsp3) is 0.409. The summed E-state index contributed by atoms with van der Waals surface area (Å²) in [7, 11) is -0.669. The summed E-state index contributed by atoms with van der Waals surface area (Å²) in [6.45, 7) is 5.85. The molecule has 0 spiro atoms. The van der Waals surface area contributed by atoms with Crippen LogP contribution in [0.25, 0.3) is 0 Å². The highest BCUT2D eigenvalue weighted by Crippen LogP contribution is 2.30. The minimum absolute atomic E-state index is 0.00927. The number of sulfonamides is 1. The Balaban J connectivity index is 1.77. The molecule has 2 aromatic rings. The molecule has 1 amide bonds. The van der Waals surface area contributed by atoms with Crippen molar-refractivity contribution in [2.75, 3.05) is 31.6 Å². The largest absolute Gasteiger partial charge is 0.497 e. The van der Waals surface area contributed by atoms with E-state index in [-0.39, 0.29) is 16.2 Å². The summed E-state index contributed by atoms with van der Waals surface area (Å²) in [6, 6.07) is 13.0. The van der Waals surface area contributed by atoms with E-state index in [2.05, 4.69) is 13.8 Å². The Morgan fingerprint density at radius 3 is 2.24 bits per heavy atom. The number of ether oxygens (including phenoxy) is 1. The van der Waals surface area contributed by atoms with Crippen molar-refractivity contribution in [3.8, 4) is 5.75 Å². The van der Waals surface area contributed by atoms with Gasteiger partial charge in [-0.3, -0.25) is 9.10 Å². The van der Waals surface area contributed by atoms with E-state index >= 15 is 0 Å². The number of benzene rings is 2. The quantitative estimate of drug-likeness (QED) is 0.744. The summed E-state index contributed by atoms with van der Waals surface area (Å²) >= 11 is 0. The van der Waals surface area contributed by atoms with Gasteiger partial charge in [-0.15, -0.1) is 0 Å². The van der Waals surface area contributed by atoms with E-state index in [4.69, 9.17) is 4.74 Å². The first-order chi connectivity index (χ1) is 13.6. The average molecular weight is 417 g/mol. The van der Waals surface area contributed by atoms with Gasteiger partial charge in [-0.25, -0.2) is 8.42 Å². The van der Waals surface area contributed by atoms with E-state index in [1.807, 2.05) is 4.90 Å². The van der Waals surface area contributed by atoms with Crippen molar-refractivity contribution >= 4 is 21.6 Å². The first kappa shape index (κ1) is 21.2. The van der Waals surface area contributed by atoms with E-state index in [9.17, 15) is 13.2 Å². The average Bonchev–Trinajstić information content (AvgIpc) is 2.72. The number of methoxy groups -OCH3 is 1. The zero-order valence-electron chi connectivity index (χ0n) is 17.4. The number of anilines is 1. The Morgan fingerprint density at radius 1 is 1.07 bits per heavy atom. The third-order valence-electron chi connectivity index (χ3n) is 5.38. The summed E-state index contributed by atoms with van der Waals surface area (Å²) in [5, 5.41) is 0. The summed E-state index contributed by atoms with van der Waals surface area (Å²) in [4.78, 5) is 14.9. The molecule has 1 aliphatic rings. The van der Waals surface area contributed by atoms with Crippen molar-refractivity contribution in [1.82, 2.24) is 4.90 Å². The first-order valence-corrected chi connectivity index (χ1v) is 11.1. The Morgan fingerprint density at radius 2 is 1.69 bits per heavy atom. The van der Waals surface area contributed by atoms with Crippen LogP contribution in [0.15, 0.2) is 53.4 Å². The molecule has 0 bridgehead atoms. The number of carbonyl (C=O) groups excluding carboxylic acids is 1. The van der Waals surface area contributed by atoms with Crippen LogP contribution in [0.5, 0.6) is 5.75 Å². The number of nitrogens with zero attached hydrogens (tertiary/aromatic N) is 2. The molecule has 0 aromatic heterocycles. The van der Waals surface area contributed by atoms with Crippen molar-refractivity contribution in [3.63, 3.8) is 0 Å². The number of likely N-dealkylation sites (tertiary alicyclic amines) is 1. The van der Waals surface area contributed by atoms with Crippen molar-refractivity contribution in [2.24, 2.45) is 5.41 Å². The minimum Gasteiger partial charge on any atom is -0.497 e. The van der Waals surface area contributed by atoms with Crippen molar-refractivity contribution in [2.45, 2.75) is 31.6 Å². The van der Waals surface area contributed by atoms with E-state index in [0.717, 1.165) is 25.9 Å². The summed E-state index contributed by atoms with van der Waals surface area (Å²) in [5.41, 5.74) is 1.19. The second-order valence-electron chi connectivity index (χ2n) is 8.19. The van der Waals surface area contributed by atoms with Crippen LogP contribution in [-0.2, 0) is 10.0 Å². The molecule has 0 atom stereocenters. The maximum atomic E-state index is 12.9. The van der Waals surface area contributed by atoms with Crippen LogP contribution in [0.3, 0.4) is 0 Å². The Labute approximate surface area is 173 Å². The van der Waals surface area contributed by atoms with Crippen LogP contribution in [0.1, 0.15) is 37.0 Å². The van der Waals surface area contributed by atoms with Gasteiger partial charge in [0, 0.05) is 25.7 Å². The van der Waals surface area contributed by atoms with Gasteiger partial charge in [0.1, 0.15) is 5.75 Å². The third-order valence-corrected chi connectivity index (χ3v) is 7.18. The molecule has 1 heterocycles. The van der Waals surface area contributed by atoms with Crippen LogP contribution in [0.4, 0.5) is 5.69 Å². The normalized spacial score (nSPS) is 16.3. The molecule has 29 heavy (non-hydrogen) atoms. The van der Waals surface area contributed by atoms with Crippen LogP contribution in [-0.4, -0.2) is 46.5 Å². The van der Waals surface area contributed by atoms with Gasteiger partial charge in [-0.2, -0.15) is 0 Å². The molecular formula is C22H28N2O4S. The highest BCUT2D eigenvalue weighted by molar-refractivity contribution is 7.92. The van der Waals surface area contributed by atoms with E-state index in [1.54, 1.807) is 36.4 Å². The first-order valence-electron chi connectivity index (χ1n) is 9.66. The maximum Gasteiger partial charge on any atom is 0.264 e. The smallest absolute Gasteiger partial charge is 0.264 e. The second kappa shape index (κ2) is 8.06.